The minimum absolute atomic E-state index is 0.111. The average molecular weight is 372 g/mol. The normalized spacial score (nSPS) is 10.0. The maximum Gasteiger partial charge on any atom is 0.258 e. The Morgan fingerprint density at radius 2 is 1.44 bits per heavy atom. The second-order valence-corrected chi connectivity index (χ2v) is 5.66. The van der Waals surface area contributed by atoms with Crippen LogP contribution < -0.4 is 24.8 Å². The zero-order chi connectivity index (χ0) is 19.5. The van der Waals surface area contributed by atoms with Crippen LogP contribution in [-0.2, 0) is 16.0 Å². The number of hydrogen-bond acceptors (Lipinski definition) is 5. The standard InChI is InChI=1S/C20H24N2O5/c1-25-16-9-7-15(8-10-16)13-19(23)21-11-12-22-20(24)14-27-18-6-4-3-5-17(18)26-2/h3-10H,11-14H2,1-2H3,(H,21,23)(H,22,24). The third-order valence-electron chi connectivity index (χ3n) is 3.72. The summed E-state index contributed by atoms with van der Waals surface area (Å²) in [6.45, 7) is 0.540. The zero-order valence-electron chi connectivity index (χ0n) is 15.5. The van der Waals surface area contributed by atoms with Crippen molar-refractivity contribution >= 4 is 11.8 Å². The fraction of sp³-hybridized carbons (Fsp3) is 0.300. The number of nitrogens with one attached hydrogen (secondary N) is 2. The van der Waals surface area contributed by atoms with Gasteiger partial charge in [-0.05, 0) is 29.8 Å². The number of benzene rings is 2. The fourth-order valence-electron chi connectivity index (χ4n) is 2.33. The molecule has 0 saturated heterocycles. The van der Waals surface area contributed by atoms with Gasteiger partial charge in [0.25, 0.3) is 5.91 Å². The first-order valence-corrected chi connectivity index (χ1v) is 8.54. The van der Waals surface area contributed by atoms with Crippen molar-refractivity contribution in [3.05, 3.63) is 54.1 Å². The van der Waals surface area contributed by atoms with Gasteiger partial charge in [0.2, 0.25) is 5.91 Å². The molecule has 27 heavy (non-hydrogen) atoms. The summed E-state index contributed by atoms with van der Waals surface area (Å²) in [6, 6.07) is 14.4. The number of para-hydroxylation sites is 2. The van der Waals surface area contributed by atoms with E-state index in [0.717, 1.165) is 11.3 Å². The second-order valence-electron chi connectivity index (χ2n) is 5.66. The molecule has 2 amide bonds. The third-order valence-corrected chi connectivity index (χ3v) is 3.72. The predicted molar refractivity (Wildman–Crippen MR) is 101 cm³/mol. The van der Waals surface area contributed by atoms with Gasteiger partial charge in [-0.25, -0.2) is 0 Å². The Kier molecular flexibility index (Phi) is 7.96. The molecule has 7 nitrogen and oxygen atoms in total. The number of rotatable bonds is 10. The van der Waals surface area contributed by atoms with Crippen molar-refractivity contribution in [1.82, 2.24) is 10.6 Å². The quantitative estimate of drug-likeness (QED) is 0.618. The van der Waals surface area contributed by atoms with Crippen molar-refractivity contribution in [3.63, 3.8) is 0 Å². The van der Waals surface area contributed by atoms with E-state index in [2.05, 4.69) is 10.6 Å². The lowest BCUT2D eigenvalue weighted by Crippen LogP contribution is -2.37. The summed E-state index contributed by atoms with van der Waals surface area (Å²) >= 11 is 0. The molecule has 0 saturated carbocycles. The van der Waals surface area contributed by atoms with Crippen LogP contribution in [0.2, 0.25) is 0 Å². The summed E-state index contributed by atoms with van der Waals surface area (Å²) in [5.41, 5.74) is 0.891. The van der Waals surface area contributed by atoms with E-state index in [1.54, 1.807) is 25.3 Å². The lowest BCUT2D eigenvalue weighted by atomic mass is 10.1. The Bertz CT molecular complexity index is 746. The largest absolute Gasteiger partial charge is 0.497 e. The smallest absolute Gasteiger partial charge is 0.258 e. The molecule has 0 aliphatic carbocycles. The van der Waals surface area contributed by atoms with Crippen LogP contribution >= 0.6 is 0 Å². The minimum Gasteiger partial charge on any atom is -0.497 e. The van der Waals surface area contributed by atoms with Gasteiger partial charge in [0.15, 0.2) is 18.1 Å². The third kappa shape index (κ3) is 6.89. The van der Waals surface area contributed by atoms with Crippen molar-refractivity contribution in [1.29, 1.82) is 0 Å². The summed E-state index contributed by atoms with van der Waals surface area (Å²) in [6.07, 6.45) is 0.273. The summed E-state index contributed by atoms with van der Waals surface area (Å²) in [7, 11) is 3.13. The molecule has 144 valence electrons. The number of amides is 2. The van der Waals surface area contributed by atoms with Crippen LogP contribution in [0.25, 0.3) is 0 Å². The summed E-state index contributed by atoms with van der Waals surface area (Å²) in [5.74, 6) is 1.43. The van der Waals surface area contributed by atoms with Crippen LogP contribution in [0.15, 0.2) is 48.5 Å². The first kappa shape index (κ1) is 20.1. The molecule has 2 aromatic carbocycles. The van der Waals surface area contributed by atoms with Crippen LogP contribution in [-0.4, -0.2) is 45.7 Å². The van der Waals surface area contributed by atoms with Gasteiger partial charge >= 0.3 is 0 Å². The van der Waals surface area contributed by atoms with Crippen LogP contribution in [0.4, 0.5) is 0 Å². The number of carbonyl (C=O) groups is 2. The molecule has 2 N–H and O–H groups in total. The van der Waals surface area contributed by atoms with Gasteiger partial charge in [0.1, 0.15) is 5.75 Å². The maximum atomic E-state index is 11.9. The van der Waals surface area contributed by atoms with Gasteiger partial charge in [0, 0.05) is 13.1 Å². The summed E-state index contributed by atoms with van der Waals surface area (Å²) < 4.78 is 15.7. The highest BCUT2D eigenvalue weighted by Gasteiger charge is 2.07. The molecular formula is C20H24N2O5. The lowest BCUT2D eigenvalue weighted by Gasteiger charge is -2.11. The molecule has 7 heteroatoms. The van der Waals surface area contributed by atoms with E-state index in [4.69, 9.17) is 14.2 Å². The van der Waals surface area contributed by atoms with E-state index < -0.39 is 0 Å². The van der Waals surface area contributed by atoms with Gasteiger partial charge in [-0.1, -0.05) is 24.3 Å². The molecule has 0 aliphatic rings. The fourth-order valence-corrected chi connectivity index (χ4v) is 2.33. The molecule has 0 aliphatic heterocycles. The molecular weight excluding hydrogens is 348 g/mol. The maximum absolute atomic E-state index is 11.9. The van der Waals surface area contributed by atoms with Gasteiger partial charge < -0.3 is 24.8 Å². The molecule has 0 heterocycles. The first-order chi connectivity index (χ1) is 13.1. The molecule has 0 radical (unpaired) electrons. The van der Waals surface area contributed by atoms with Crippen LogP contribution in [0.1, 0.15) is 5.56 Å². The van der Waals surface area contributed by atoms with E-state index >= 15 is 0 Å². The second kappa shape index (κ2) is 10.7. The first-order valence-electron chi connectivity index (χ1n) is 8.54. The Morgan fingerprint density at radius 1 is 0.815 bits per heavy atom. The van der Waals surface area contributed by atoms with Crippen LogP contribution in [0.3, 0.4) is 0 Å². The Morgan fingerprint density at radius 3 is 2.07 bits per heavy atom. The highest BCUT2D eigenvalue weighted by Crippen LogP contribution is 2.25. The monoisotopic (exact) mass is 372 g/mol. The van der Waals surface area contributed by atoms with Crippen molar-refractivity contribution in [2.75, 3.05) is 33.9 Å². The molecule has 0 unspecified atom stereocenters. The van der Waals surface area contributed by atoms with Gasteiger partial charge in [-0.2, -0.15) is 0 Å². The minimum atomic E-state index is -0.273. The zero-order valence-corrected chi connectivity index (χ0v) is 15.5. The van der Waals surface area contributed by atoms with E-state index in [0.29, 0.717) is 24.6 Å². The molecule has 0 aromatic heterocycles. The lowest BCUT2D eigenvalue weighted by molar-refractivity contribution is -0.124. The van der Waals surface area contributed by atoms with Crippen LogP contribution in [0.5, 0.6) is 17.2 Å². The molecule has 2 aromatic rings. The number of methoxy groups -OCH3 is 2. The number of carbonyl (C=O) groups excluding carboxylic acids is 2. The number of hydrogen-bond donors (Lipinski definition) is 2. The van der Waals surface area contributed by atoms with Crippen LogP contribution in [0, 0.1) is 0 Å². The SMILES string of the molecule is COc1ccc(CC(=O)NCCNC(=O)COc2ccccc2OC)cc1. The average Bonchev–Trinajstić information content (AvgIpc) is 2.70. The Labute approximate surface area is 158 Å². The molecule has 2 rings (SSSR count). The Hall–Kier alpha value is -3.22. The predicted octanol–water partition coefficient (Wildman–Crippen LogP) is 1.56. The van der Waals surface area contributed by atoms with Crippen molar-refractivity contribution in [3.8, 4) is 17.2 Å². The van der Waals surface area contributed by atoms with Gasteiger partial charge in [-0.15, -0.1) is 0 Å². The van der Waals surface area contributed by atoms with Crippen molar-refractivity contribution < 1.29 is 23.8 Å². The number of ether oxygens (including phenoxy) is 3. The van der Waals surface area contributed by atoms with E-state index in [1.807, 2.05) is 30.3 Å². The van der Waals surface area contributed by atoms with E-state index in [-0.39, 0.29) is 24.8 Å². The highest BCUT2D eigenvalue weighted by atomic mass is 16.5. The molecule has 0 fully saturated rings. The summed E-state index contributed by atoms with van der Waals surface area (Å²) in [5, 5.41) is 5.45. The Balaban J connectivity index is 1.62. The molecule has 0 atom stereocenters. The van der Waals surface area contributed by atoms with Gasteiger partial charge in [-0.3, -0.25) is 9.59 Å². The van der Waals surface area contributed by atoms with E-state index in [1.165, 1.54) is 7.11 Å². The highest BCUT2D eigenvalue weighted by molar-refractivity contribution is 5.79. The van der Waals surface area contributed by atoms with Crippen molar-refractivity contribution in [2.45, 2.75) is 6.42 Å². The van der Waals surface area contributed by atoms with E-state index in [9.17, 15) is 9.59 Å². The summed E-state index contributed by atoms with van der Waals surface area (Å²) in [4.78, 5) is 23.7. The van der Waals surface area contributed by atoms with Gasteiger partial charge in [0.05, 0.1) is 20.6 Å². The molecule has 0 bridgehead atoms. The molecule has 0 spiro atoms. The van der Waals surface area contributed by atoms with Crippen molar-refractivity contribution in [2.24, 2.45) is 0 Å². The topological polar surface area (TPSA) is 85.9 Å².